The number of rotatable bonds is 3. The predicted molar refractivity (Wildman–Crippen MR) is 61.1 cm³/mol. The molecule has 1 N–H and O–H groups in total. The summed E-state index contributed by atoms with van der Waals surface area (Å²) in [4.78, 5) is 8.25. The number of aryl methyl sites for hydroxylation is 1. The van der Waals surface area contributed by atoms with Gasteiger partial charge in [-0.1, -0.05) is 25.1 Å². The molecule has 0 aliphatic heterocycles. The second-order valence-corrected chi connectivity index (χ2v) is 3.21. The normalized spacial score (nSPS) is 9.93. The largest absolute Gasteiger partial charge is 0.324 e. The highest BCUT2D eigenvalue weighted by Gasteiger charge is 2.00. The van der Waals surface area contributed by atoms with E-state index in [0.717, 1.165) is 12.1 Å². The van der Waals surface area contributed by atoms with Gasteiger partial charge in [-0.2, -0.15) is 0 Å². The maximum atomic E-state index is 4.13. The second-order valence-electron chi connectivity index (χ2n) is 3.21. The third-order valence-electron chi connectivity index (χ3n) is 2.21. The Morgan fingerprint density at radius 1 is 1.07 bits per heavy atom. The van der Waals surface area contributed by atoms with Gasteiger partial charge in [-0.3, -0.25) is 0 Å². The van der Waals surface area contributed by atoms with Crippen LogP contribution in [0.3, 0.4) is 0 Å². The maximum absolute atomic E-state index is 4.13. The molecule has 2 aromatic rings. The fourth-order valence-corrected chi connectivity index (χ4v) is 1.43. The summed E-state index contributed by atoms with van der Waals surface area (Å²) in [6, 6.07) is 9.98. The lowest BCUT2D eigenvalue weighted by Crippen LogP contribution is -1.98. The van der Waals surface area contributed by atoms with Gasteiger partial charge >= 0.3 is 0 Å². The Morgan fingerprint density at radius 2 is 1.80 bits per heavy atom. The molecule has 0 aliphatic carbocycles. The molecule has 0 bridgehead atoms. The number of nitrogens with zero attached hydrogens (tertiary/aromatic N) is 2. The third kappa shape index (κ3) is 2.31. The lowest BCUT2D eigenvalue weighted by Gasteiger charge is -2.08. The van der Waals surface area contributed by atoms with Crippen LogP contribution in [0.25, 0.3) is 0 Å². The predicted octanol–water partition coefficient (Wildman–Crippen LogP) is 2.78. The molecule has 0 saturated carbocycles. The fraction of sp³-hybridized carbons (Fsp3) is 0.167. The van der Waals surface area contributed by atoms with Crippen molar-refractivity contribution in [1.29, 1.82) is 0 Å². The summed E-state index contributed by atoms with van der Waals surface area (Å²) in [5.74, 6) is 0.637. The smallest absolute Gasteiger partial charge is 0.227 e. The van der Waals surface area contributed by atoms with Gasteiger partial charge in [-0.15, -0.1) is 0 Å². The van der Waals surface area contributed by atoms with Crippen LogP contribution in [0.15, 0.2) is 42.7 Å². The molecule has 1 heterocycles. The number of hydrogen-bond acceptors (Lipinski definition) is 3. The lowest BCUT2D eigenvalue weighted by atomic mass is 10.1. The molecule has 0 saturated heterocycles. The number of benzene rings is 1. The minimum Gasteiger partial charge on any atom is -0.324 e. The Hall–Kier alpha value is -1.90. The lowest BCUT2D eigenvalue weighted by molar-refractivity contribution is 1.12. The van der Waals surface area contributed by atoms with Crippen LogP contribution in [0.2, 0.25) is 0 Å². The van der Waals surface area contributed by atoms with Crippen molar-refractivity contribution in [3.8, 4) is 0 Å². The maximum Gasteiger partial charge on any atom is 0.227 e. The molecule has 0 spiro atoms. The van der Waals surface area contributed by atoms with Crippen molar-refractivity contribution in [2.24, 2.45) is 0 Å². The first-order valence-corrected chi connectivity index (χ1v) is 5.02. The van der Waals surface area contributed by atoms with Crippen LogP contribution in [-0.4, -0.2) is 9.97 Å². The Balaban J connectivity index is 2.24. The highest BCUT2D eigenvalue weighted by molar-refractivity contribution is 5.58. The molecule has 0 fully saturated rings. The van der Waals surface area contributed by atoms with Crippen LogP contribution in [0.1, 0.15) is 12.5 Å². The number of para-hydroxylation sites is 1. The Bertz CT molecular complexity index is 426. The minimum absolute atomic E-state index is 0.637. The summed E-state index contributed by atoms with van der Waals surface area (Å²) in [5, 5.41) is 3.20. The summed E-state index contributed by atoms with van der Waals surface area (Å²) in [6.07, 6.45) is 4.45. The third-order valence-corrected chi connectivity index (χ3v) is 2.21. The zero-order chi connectivity index (χ0) is 10.5. The van der Waals surface area contributed by atoms with Gasteiger partial charge in [0.2, 0.25) is 5.95 Å². The van der Waals surface area contributed by atoms with E-state index in [1.165, 1.54) is 5.56 Å². The van der Waals surface area contributed by atoms with Gasteiger partial charge in [0.25, 0.3) is 0 Å². The van der Waals surface area contributed by atoms with E-state index >= 15 is 0 Å². The van der Waals surface area contributed by atoms with Crippen LogP contribution in [0, 0.1) is 0 Å². The quantitative estimate of drug-likeness (QED) is 0.826. The first kappa shape index (κ1) is 9.65. The van der Waals surface area contributed by atoms with Crippen LogP contribution in [0.5, 0.6) is 0 Å². The molecule has 0 aliphatic rings. The van der Waals surface area contributed by atoms with Gasteiger partial charge in [0.1, 0.15) is 0 Å². The van der Waals surface area contributed by atoms with Gasteiger partial charge in [0, 0.05) is 18.1 Å². The van der Waals surface area contributed by atoms with Crippen molar-refractivity contribution < 1.29 is 0 Å². The average Bonchev–Trinajstić information content (AvgIpc) is 2.31. The second kappa shape index (κ2) is 4.55. The van der Waals surface area contributed by atoms with E-state index in [1.54, 1.807) is 18.5 Å². The highest BCUT2D eigenvalue weighted by atomic mass is 15.1. The van der Waals surface area contributed by atoms with Crippen molar-refractivity contribution in [2.45, 2.75) is 13.3 Å². The summed E-state index contributed by atoms with van der Waals surface area (Å²) >= 11 is 0. The number of hydrogen-bond donors (Lipinski definition) is 1. The van der Waals surface area contributed by atoms with Crippen molar-refractivity contribution in [2.75, 3.05) is 5.32 Å². The Kier molecular flexibility index (Phi) is 2.93. The SMILES string of the molecule is CCc1ccccc1Nc1ncccn1. The fourth-order valence-electron chi connectivity index (χ4n) is 1.43. The van der Waals surface area contributed by atoms with Crippen LogP contribution >= 0.6 is 0 Å². The zero-order valence-electron chi connectivity index (χ0n) is 8.64. The van der Waals surface area contributed by atoms with Crippen LogP contribution in [-0.2, 0) is 6.42 Å². The van der Waals surface area contributed by atoms with Crippen molar-refractivity contribution >= 4 is 11.6 Å². The number of anilines is 2. The minimum atomic E-state index is 0.637. The molecule has 0 amide bonds. The summed E-state index contributed by atoms with van der Waals surface area (Å²) < 4.78 is 0. The molecule has 0 atom stereocenters. The zero-order valence-corrected chi connectivity index (χ0v) is 8.64. The van der Waals surface area contributed by atoms with Crippen LogP contribution < -0.4 is 5.32 Å². The summed E-state index contributed by atoms with van der Waals surface area (Å²) in [7, 11) is 0. The van der Waals surface area contributed by atoms with E-state index < -0.39 is 0 Å². The number of nitrogens with one attached hydrogen (secondary N) is 1. The first-order valence-electron chi connectivity index (χ1n) is 5.02. The van der Waals surface area contributed by atoms with Crippen molar-refractivity contribution in [3.05, 3.63) is 48.3 Å². The van der Waals surface area contributed by atoms with E-state index in [4.69, 9.17) is 0 Å². The summed E-state index contributed by atoms with van der Waals surface area (Å²) in [6.45, 7) is 2.13. The molecule has 1 aromatic carbocycles. The molecule has 15 heavy (non-hydrogen) atoms. The highest BCUT2D eigenvalue weighted by Crippen LogP contribution is 2.18. The molecular weight excluding hydrogens is 186 g/mol. The number of aromatic nitrogens is 2. The Morgan fingerprint density at radius 3 is 2.53 bits per heavy atom. The van der Waals surface area contributed by atoms with E-state index in [0.29, 0.717) is 5.95 Å². The van der Waals surface area contributed by atoms with E-state index in [1.807, 2.05) is 18.2 Å². The van der Waals surface area contributed by atoms with Crippen LogP contribution in [0.4, 0.5) is 11.6 Å². The van der Waals surface area contributed by atoms with Gasteiger partial charge in [-0.05, 0) is 24.1 Å². The van der Waals surface area contributed by atoms with E-state index in [2.05, 4.69) is 28.3 Å². The molecule has 0 unspecified atom stereocenters. The molecule has 3 heteroatoms. The van der Waals surface area contributed by atoms with Gasteiger partial charge in [0.05, 0.1) is 0 Å². The van der Waals surface area contributed by atoms with Crippen molar-refractivity contribution in [1.82, 2.24) is 9.97 Å². The first-order chi connectivity index (χ1) is 7.40. The topological polar surface area (TPSA) is 37.8 Å². The average molecular weight is 199 g/mol. The molecule has 3 nitrogen and oxygen atoms in total. The molecule has 76 valence electrons. The van der Waals surface area contributed by atoms with E-state index in [9.17, 15) is 0 Å². The summed E-state index contributed by atoms with van der Waals surface area (Å²) in [5.41, 5.74) is 2.34. The Labute approximate surface area is 89.2 Å². The van der Waals surface area contributed by atoms with Crippen molar-refractivity contribution in [3.63, 3.8) is 0 Å². The standard InChI is InChI=1S/C12H13N3/c1-2-10-6-3-4-7-11(10)15-12-13-8-5-9-14-12/h3-9H,2H2,1H3,(H,13,14,15). The molecule has 0 radical (unpaired) electrons. The van der Waals surface area contributed by atoms with Gasteiger partial charge in [-0.25, -0.2) is 9.97 Å². The monoisotopic (exact) mass is 199 g/mol. The molecular formula is C12H13N3. The molecule has 2 rings (SSSR count). The van der Waals surface area contributed by atoms with Gasteiger partial charge in [0.15, 0.2) is 0 Å². The van der Waals surface area contributed by atoms with E-state index in [-0.39, 0.29) is 0 Å². The van der Waals surface area contributed by atoms with Gasteiger partial charge < -0.3 is 5.32 Å². The molecule has 1 aromatic heterocycles.